The Kier molecular flexibility index (Phi) is 5.47. The summed E-state index contributed by atoms with van der Waals surface area (Å²) < 4.78 is 0. The molecule has 0 spiro atoms. The molecule has 2 fully saturated rings. The van der Waals surface area contributed by atoms with Crippen molar-refractivity contribution in [2.75, 3.05) is 20.6 Å². The smallest absolute Gasteiger partial charge is 0.235 e. The maximum absolute atomic E-state index is 13.4. The lowest BCUT2D eigenvalue weighted by Gasteiger charge is -2.48. The molecule has 1 aromatic rings. The van der Waals surface area contributed by atoms with E-state index in [4.69, 9.17) is 5.73 Å². The first-order valence-electron chi connectivity index (χ1n) is 10.6. The SMILES string of the molecule is CN(C)CC#Cc1ccc(O)c2c1C[C@H]1C[C@H]3CC(=O)C(C(N)=O)C(=O)[C@@]3(O)C(=O)C1C2=O. The van der Waals surface area contributed by atoms with E-state index in [1.54, 1.807) is 6.07 Å². The molecule has 3 aliphatic carbocycles. The van der Waals surface area contributed by atoms with Crippen LogP contribution in [-0.4, -0.2) is 70.4 Å². The Morgan fingerprint density at radius 2 is 1.88 bits per heavy atom. The monoisotopic (exact) mass is 452 g/mol. The molecule has 2 unspecified atom stereocenters. The first kappa shape index (κ1) is 22.8. The number of fused-ring (bicyclic) bond motifs is 3. The van der Waals surface area contributed by atoms with Crippen LogP contribution in [0.1, 0.15) is 34.3 Å². The van der Waals surface area contributed by atoms with Crippen LogP contribution in [0.2, 0.25) is 0 Å². The number of primary amides is 1. The Morgan fingerprint density at radius 3 is 2.52 bits per heavy atom. The van der Waals surface area contributed by atoms with Gasteiger partial charge in [-0.05, 0) is 50.6 Å². The third kappa shape index (κ3) is 3.37. The van der Waals surface area contributed by atoms with Crippen LogP contribution in [0.25, 0.3) is 0 Å². The van der Waals surface area contributed by atoms with Crippen LogP contribution in [0.15, 0.2) is 12.1 Å². The molecule has 4 N–H and O–H groups in total. The van der Waals surface area contributed by atoms with E-state index >= 15 is 0 Å². The Hall–Kier alpha value is -3.35. The van der Waals surface area contributed by atoms with E-state index < -0.39 is 58.3 Å². The summed E-state index contributed by atoms with van der Waals surface area (Å²) in [6, 6.07) is 2.94. The van der Waals surface area contributed by atoms with E-state index in [9.17, 15) is 34.2 Å². The van der Waals surface area contributed by atoms with E-state index in [0.29, 0.717) is 17.7 Å². The van der Waals surface area contributed by atoms with Crippen molar-refractivity contribution in [3.05, 3.63) is 28.8 Å². The normalized spacial score (nSPS) is 30.8. The number of aromatic hydroxyl groups is 1. The van der Waals surface area contributed by atoms with Gasteiger partial charge in [-0.15, -0.1) is 0 Å². The summed E-state index contributed by atoms with van der Waals surface area (Å²) >= 11 is 0. The first-order chi connectivity index (χ1) is 15.5. The molecule has 0 aromatic heterocycles. The number of amides is 1. The fraction of sp³-hybridized carbons (Fsp3) is 0.458. The minimum atomic E-state index is -2.64. The molecular weight excluding hydrogens is 428 g/mol. The molecule has 172 valence electrons. The molecular formula is C24H24N2O7. The number of nitrogens with zero attached hydrogens (tertiary/aromatic N) is 1. The van der Waals surface area contributed by atoms with Gasteiger partial charge >= 0.3 is 0 Å². The van der Waals surface area contributed by atoms with Gasteiger partial charge in [0.15, 0.2) is 34.7 Å². The van der Waals surface area contributed by atoms with Crippen molar-refractivity contribution in [3.63, 3.8) is 0 Å². The van der Waals surface area contributed by atoms with Crippen LogP contribution in [-0.2, 0) is 25.6 Å². The number of Topliss-reactive ketones (excluding diaryl/α,β-unsaturated/α-hetero) is 4. The third-order valence-electron chi connectivity index (χ3n) is 6.90. The van der Waals surface area contributed by atoms with E-state index in [-0.39, 0.29) is 30.6 Å². The van der Waals surface area contributed by atoms with Crippen LogP contribution in [0.3, 0.4) is 0 Å². The van der Waals surface area contributed by atoms with Gasteiger partial charge in [-0.1, -0.05) is 11.8 Å². The van der Waals surface area contributed by atoms with Crippen molar-refractivity contribution in [1.82, 2.24) is 4.90 Å². The van der Waals surface area contributed by atoms with E-state index in [1.807, 2.05) is 19.0 Å². The first-order valence-corrected chi connectivity index (χ1v) is 10.6. The fourth-order valence-corrected chi connectivity index (χ4v) is 5.38. The number of phenols is 1. The maximum atomic E-state index is 13.4. The number of hydrogen-bond donors (Lipinski definition) is 3. The lowest BCUT2D eigenvalue weighted by molar-refractivity contribution is -0.175. The van der Waals surface area contributed by atoms with E-state index in [1.165, 1.54) is 6.07 Å². The molecule has 2 saturated carbocycles. The summed E-state index contributed by atoms with van der Waals surface area (Å²) in [7, 11) is 3.72. The highest BCUT2D eigenvalue weighted by atomic mass is 16.3. The Morgan fingerprint density at radius 1 is 1.18 bits per heavy atom. The lowest BCUT2D eigenvalue weighted by atomic mass is 9.53. The topological polar surface area (TPSA) is 155 Å². The third-order valence-corrected chi connectivity index (χ3v) is 6.90. The number of nitrogens with two attached hydrogens (primary N) is 1. The Balaban J connectivity index is 1.78. The number of phenolic OH excluding ortho intramolecular Hbond substituents is 1. The predicted octanol–water partition coefficient (Wildman–Crippen LogP) is -0.760. The van der Waals surface area contributed by atoms with Gasteiger partial charge in [0.05, 0.1) is 18.0 Å². The highest BCUT2D eigenvalue weighted by Gasteiger charge is 2.66. The highest BCUT2D eigenvalue weighted by molar-refractivity contribution is 6.31. The van der Waals surface area contributed by atoms with Crippen molar-refractivity contribution >= 4 is 29.0 Å². The number of benzene rings is 1. The second-order valence-electron chi connectivity index (χ2n) is 9.26. The van der Waals surface area contributed by atoms with Gasteiger partial charge in [-0.25, -0.2) is 0 Å². The zero-order chi connectivity index (χ0) is 24.2. The molecule has 0 heterocycles. The van der Waals surface area contributed by atoms with Crippen LogP contribution in [0.5, 0.6) is 5.75 Å². The number of rotatable bonds is 2. The van der Waals surface area contributed by atoms with Crippen molar-refractivity contribution in [2.24, 2.45) is 29.4 Å². The number of carbonyl (C=O) groups is 5. The van der Waals surface area contributed by atoms with Gasteiger partial charge in [-0.2, -0.15) is 0 Å². The molecule has 1 amide bonds. The van der Waals surface area contributed by atoms with Crippen molar-refractivity contribution in [2.45, 2.75) is 24.9 Å². The summed E-state index contributed by atoms with van der Waals surface area (Å²) in [5, 5.41) is 21.6. The van der Waals surface area contributed by atoms with Gasteiger partial charge < -0.3 is 15.9 Å². The summed E-state index contributed by atoms with van der Waals surface area (Å²) in [6.45, 7) is 0.481. The fourth-order valence-electron chi connectivity index (χ4n) is 5.38. The second kappa shape index (κ2) is 7.90. The predicted molar refractivity (Wildman–Crippen MR) is 114 cm³/mol. The lowest BCUT2D eigenvalue weighted by Crippen LogP contribution is -2.68. The Bertz CT molecular complexity index is 1180. The molecule has 4 rings (SSSR count). The second-order valence-corrected chi connectivity index (χ2v) is 9.26. The molecule has 0 bridgehead atoms. The van der Waals surface area contributed by atoms with Crippen molar-refractivity contribution < 1.29 is 34.2 Å². The average Bonchev–Trinajstić information content (AvgIpc) is 2.71. The zero-order valence-corrected chi connectivity index (χ0v) is 18.3. The molecule has 3 aliphatic rings. The molecule has 5 atom stereocenters. The number of ketones is 4. The summed E-state index contributed by atoms with van der Waals surface area (Å²) in [4.78, 5) is 65.6. The van der Waals surface area contributed by atoms with E-state index in [0.717, 1.165) is 0 Å². The van der Waals surface area contributed by atoms with Gasteiger partial charge in [0.2, 0.25) is 5.91 Å². The average molecular weight is 452 g/mol. The summed E-state index contributed by atoms with van der Waals surface area (Å²) in [5.41, 5.74) is 3.55. The standard InChI is InChI=1S/C24H24N2O7/c1-26(2)7-3-4-11-5-6-15(27)18-14(11)9-12-8-13-10-16(28)19(23(25)32)22(31)24(13,33)21(30)17(12)20(18)29/h5-6,12-13,17,19,27,33H,7-10H2,1-2H3,(H2,25,32)/t12-,13+,17?,19?,24+/m1/s1. The molecule has 0 saturated heterocycles. The molecule has 9 heteroatoms. The van der Waals surface area contributed by atoms with E-state index in [2.05, 4.69) is 11.8 Å². The largest absolute Gasteiger partial charge is 0.507 e. The van der Waals surface area contributed by atoms with Gasteiger partial charge in [0.1, 0.15) is 5.75 Å². The maximum Gasteiger partial charge on any atom is 0.235 e. The summed E-state index contributed by atoms with van der Waals surface area (Å²) in [6.07, 6.45) is -0.0886. The Labute approximate surface area is 189 Å². The zero-order valence-electron chi connectivity index (χ0n) is 18.3. The van der Waals surface area contributed by atoms with Crippen molar-refractivity contribution in [3.8, 4) is 17.6 Å². The minimum absolute atomic E-state index is 0.0471. The molecule has 9 nitrogen and oxygen atoms in total. The molecule has 1 aromatic carbocycles. The van der Waals surface area contributed by atoms with Crippen LogP contribution >= 0.6 is 0 Å². The molecule has 0 radical (unpaired) electrons. The highest BCUT2D eigenvalue weighted by Crippen LogP contribution is 2.50. The van der Waals surface area contributed by atoms with Crippen LogP contribution in [0.4, 0.5) is 0 Å². The molecule has 0 aliphatic heterocycles. The summed E-state index contributed by atoms with van der Waals surface area (Å²) in [5.74, 6) is -4.19. The van der Waals surface area contributed by atoms with Gasteiger partial charge in [0.25, 0.3) is 0 Å². The minimum Gasteiger partial charge on any atom is -0.507 e. The van der Waals surface area contributed by atoms with Crippen LogP contribution in [0, 0.1) is 35.5 Å². The number of carbonyl (C=O) groups excluding carboxylic acids is 5. The van der Waals surface area contributed by atoms with Crippen molar-refractivity contribution in [1.29, 1.82) is 0 Å². The quantitative estimate of drug-likeness (QED) is 0.391. The van der Waals surface area contributed by atoms with Gasteiger partial charge in [0, 0.05) is 17.9 Å². The molecule has 33 heavy (non-hydrogen) atoms. The number of hydrogen-bond acceptors (Lipinski definition) is 8. The number of aliphatic hydroxyl groups is 1. The van der Waals surface area contributed by atoms with Gasteiger partial charge in [-0.3, -0.25) is 28.9 Å². The van der Waals surface area contributed by atoms with Crippen LogP contribution < -0.4 is 5.73 Å².